The lowest BCUT2D eigenvalue weighted by Crippen LogP contribution is -1.97. The fourth-order valence-electron chi connectivity index (χ4n) is 7.47. The van der Waals surface area contributed by atoms with E-state index in [4.69, 9.17) is 14.4 Å². The summed E-state index contributed by atoms with van der Waals surface area (Å²) in [6, 6.07) is 61.3. The molecule has 10 rings (SSSR count). The molecule has 3 heterocycles. The largest absolute Gasteiger partial charge is 0.455 e. The smallest absolute Gasteiger partial charge is 0.160 e. The van der Waals surface area contributed by atoms with Crippen LogP contribution in [-0.4, -0.2) is 15.0 Å². The van der Waals surface area contributed by atoms with E-state index < -0.39 is 0 Å². The molecule has 0 fully saturated rings. The number of rotatable bonds is 6. The first kappa shape index (κ1) is 30.6. The number of pyridine rings is 1. The van der Waals surface area contributed by atoms with Gasteiger partial charge in [0, 0.05) is 51.0 Å². The second-order valence-electron chi connectivity index (χ2n) is 13.2. The molecule has 0 radical (unpaired) electrons. The molecular weight excluding hydrogens is 647 g/mol. The van der Waals surface area contributed by atoms with Crippen molar-refractivity contribution in [3.05, 3.63) is 188 Å². The van der Waals surface area contributed by atoms with Gasteiger partial charge >= 0.3 is 0 Å². The van der Waals surface area contributed by atoms with Crippen LogP contribution in [-0.2, 0) is 0 Å². The molecule has 3 aromatic heterocycles. The maximum Gasteiger partial charge on any atom is 0.160 e. The Morgan fingerprint density at radius 3 is 1.87 bits per heavy atom. The number of furan rings is 1. The van der Waals surface area contributed by atoms with Gasteiger partial charge in [0.15, 0.2) is 5.82 Å². The van der Waals surface area contributed by atoms with Gasteiger partial charge in [-0.05, 0) is 69.4 Å². The highest BCUT2D eigenvalue weighted by molar-refractivity contribution is 6.10. The first-order valence-electron chi connectivity index (χ1n) is 17.8. The van der Waals surface area contributed by atoms with Crippen LogP contribution >= 0.6 is 0 Å². The molecule has 0 saturated carbocycles. The molecule has 0 aliphatic carbocycles. The Bertz CT molecular complexity index is 2940. The Balaban J connectivity index is 1.25. The molecule has 0 aliphatic heterocycles. The van der Waals surface area contributed by atoms with Crippen molar-refractivity contribution in [3.63, 3.8) is 0 Å². The summed E-state index contributed by atoms with van der Waals surface area (Å²) in [5, 5.41) is 4.59. The van der Waals surface area contributed by atoms with E-state index in [0.29, 0.717) is 5.82 Å². The zero-order chi connectivity index (χ0) is 35.1. The van der Waals surface area contributed by atoms with Crippen molar-refractivity contribution in [1.82, 2.24) is 15.0 Å². The SMILES string of the molecule is c1ccc(-c2nc(-c3cc(-c4cccc5ccccc45)cc(-c4cccc5c4oc4ccccc45)c3)cc(-c3ccccc3-c3cccnc3)n2)cc1. The van der Waals surface area contributed by atoms with Gasteiger partial charge < -0.3 is 4.42 Å². The quantitative estimate of drug-likeness (QED) is 0.176. The predicted molar refractivity (Wildman–Crippen MR) is 217 cm³/mol. The summed E-state index contributed by atoms with van der Waals surface area (Å²) in [6.07, 6.45) is 3.70. The summed E-state index contributed by atoms with van der Waals surface area (Å²) in [5.41, 5.74) is 12.8. The van der Waals surface area contributed by atoms with Crippen molar-refractivity contribution < 1.29 is 4.42 Å². The number of para-hydroxylation sites is 2. The maximum absolute atomic E-state index is 6.58. The third-order valence-corrected chi connectivity index (χ3v) is 9.98. The molecule has 0 spiro atoms. The number of nitrogens with zero attached hydrogens (tertiary/aromatic N) is 3. The fraction of sp³-hybridized carbons (Fsp3) is 0. The molecule has 7 aromatic carbocycles. The zero-order valence-corrected chi connectivity index (χ0v) is 28.6. The minimum atomic E-state index is 0.663. The monoisotopic (exact) mass is 677 g/mol. The summed E-state index contributed by atoms with van der Waals surface area (Å²) in [4.78, 5) is 14.9. The van der Waals surface area contributed by atoms with E-state index >= 15 is 0 Å². The topological polar surface area (TPSA) is 51.8 Å². The molecule has 4 heteroatoms. The normalized spacial score (nSPS) is 11.4. The van der Waals surface area contributed by atoms with Crippen molar-refractivity contribution in [2.45, 2.75) is 0 Å². The molecule has 53 heavy (non-hydrogen) atoms. The van der Waals surface area contributed by atoms with Crippen LogP contribution in [0, 0.1) is 0 Å². The molecule has 0 N–H and O–H groups in total. The van der Waals surface area contributed by atoms with Crippen LogP contribution < -0.4 is 0 Å². The van der Waals surface area contributed by atoms with Gasteiger partial charge in [0.2, 0.25) is 0 Å². The van der Waals surface area contributed by atoms with Gasteiger partial charge in [-0.3, -0.25) is 4.98 Å². The number of fused-ring (bicyclic) bond motifs is 4. The van der Waals surface area contributed by atoms with Crippen LogP contribution in [0.25, 0.3) is 100.0 Å². The first-order chi connectivity index (χ1) is 26.3. The lowest BCUT2D eigenvalue weighted by Gasteiger charge is -2.15. The number of hydrogen-bond donors (Lipinski definition) is 0. The molecular formula is C49H31N3O. The van der Waals surface area contributed by atoms with Crippen molar-refractivity contribution in [1.29, 1.82) is 0 Å². The average molecular weight is 678 g/mol. The van der Waals surface area contributed by atoms with E-state index in [9.17, 15) is 0 Å². The van der Waals surface area contributed by atoms with Crippen molar-refractivity contribution in [3.8, 4) is 67.3 Å². The Kier molecular flexibility index (Phi) is 7.43. The van der Waals surface area contributed by atoms with Crippen LogP contribution in [0.15, 0.2) is 193 Å². The Hall–Kier alpha value is -7.17. The molecule has 10 aromatic rings. The van der Waals surface area contributed by atoms with Crippen LogP contribution in [0.5, 0.6) is 0 Å². The third kappa shape index (κ3) is 5.54. The number of benzene rings is 7. The van der Waals surface area contributed by atoms with Gasteiger partial charge in [-0.1, -0.05) is 140 Å². The summed E-state index contributed by atoms with van der Waals surface area (Å²) < 4.78 is 6.58. The van der Waals surface area contributed by atoms with Crippen LogP contribution in [0.2, 0.25) is 0 Å². The third-order valence-electron chi connectivity index (χ3n) is 9.98. The van der Waals surface area contributed by atoms with Crippen molar-refractivity contribution in [2.24, 2.45) is 0 Å². The summed E-state index contributed by atoms with van der Waals surface area (Å²) in [5.74, 6) is 0.663. The minimum absolute atomic E-state index is 0.663. The number of aromatic nitrogens is 3. The van der Waals surface area contributed by atoms with Crippen LogP contribution in [0.1, 0.15) is 0 Å². The highest BCUT2D eigenvalue weighted by atomic mass is 16.3. The predicted octanol–water partition coefficient (Wildman–Crippen LogP) is 12.9. The van der Waals surface area contributed by atoms with Crippen molar-refractivity contribution in [2.75, 3.05) is 0 Å². The van der Waals surface area contributed by atoms with Crippen molar-refractivity contribution >= 4 is 32.7 Å². The zero-order valence-electron chi connectivity index (χ0n) is 28.6. The van der Waals surface area contributed by atoms with Gasteiger partial charge in [0.05, 0.1) is 11.4 Å². The Labute approximate surface area is 306 Å². The Morgan fingerprint density at radius 2 is 1.00 bits per heavy atom. The van der Waals surface area contributed by atoms with Crippen LogP contribution in [0.3, 0.4) is 0 Å². The average Bonchev–Trinajstić information content (AvgIpc) is 3.63. The lowest BCUT2D eigenvalue weighted by atomic mass is 9.91. The Morgan fingerprint density at radius 1 is 0.377 bits per heavy atom. The van der Waals surface area contributed by atoms with Gasteiger partial charge in [-0.15, -0.1) is 0 Å². The standard InChI is InChI=1S/C49H31N3O/c1-2-14-33(15-3-1)49-51-45(30-46(52-49)42-20-7-6-19-39(42)34-17-12-26-50-31-34)37-28-35(40-22-10-16-32-13-4-5-18-38(32)40)27-36(29-37)41-23-11-24-44-43-21-8-9-25-47(43)53-48(41)44/h1-31H. The molecule has 0 aliphatic rings. The molecule has 0 saturated heterocycles. The second-order valence-corrected chi connectivity index (χ2v) is 13.2. The van der Waals surface area contributed by atoms with E-state index in [-0.39, 0.29) is 0 Å². The summed E-state index contributed by atoms with van der Waals surface area (Å²) >= 11 is 0. The van der Waals surface area contributed by atoms with Crippen LogP contribution in [0.4, 0.5) is 0 Å². The van der Waals surface area contributed by atoms with Gasteiger partial charge in [-0.25, -0.2) is 9.97 Å². The highest BCUT2D eigenvalue weighted by Crippen LogP contribution is 2.41. The molecule has 0 atom stereocenters. The summed E-state index contributed by atoms with van der Waals surface area (Å²) in [7, 11) is 0. The van der Waals surface area contributed by atoms with E-state index in [0.717, 1.165) is 83.4 Å². The van der Waals surface area contributed by atoms with Gasteiger partial charge in [0.1, 0.15) is 11.2 Å². The van der Waals surface area contributed by atoms with E-state index in [1.165, 1.54) is 10.8 Å². The lowest BCUT2D eigenvalue weighted by molar-refractivity contribution is 0.670. The van der Waals surface area contributed by atoms with E-state index in [1.54, 1.807) is 6.20 Å². The van der Waals surface area contributed by atoms with E-state index in [2.05, 4.69) is 145 Å². The first-order valence-corrected chi connectivity index (χ1v) is 17.8. The summed E-state index contributed by atoms with van der Waals surface area (Å²) in [6.45, 7) is 0. The maximum atomic E-state index is 6.58. The molecule has 0 unspecified atom stereocenters. The molecule has 0 bridgehead atoms. The molecule has 4 nitrogen and oxygen atoms in total. The van der Waals surface area contributed by atoms with Gasteiger partial charge in [0.25, 0.3) is 0 Å². The highest BCUT2D eigenvalue weighted by Gasteiger charge is 2.18. The second kappa shape index (κ2) is 12.9. The molecule has 0 amide bonds. The van der Waals surface area contributed by atoms with Gasteiger partial charge in [-0.2, -0.15) is 0 Å². The minimum Gasteiger partial charge on any atom is -0.455 e. The van der Waals surface area contributed by atoms with E-state index in [1.807, 2.05) is 42.6 Å². The molecule has 248 valence electrons. The fourth-order valence-corrected chi connectivity index (χ4v) is 7.47. The number of hydrogen-bond acceptors (Lipinski definition) is 4.